The summed E-state index contributed by atoms with van der Waals surface area (Å²) in [5.74, 6) is -0.271. The molecule has 0 bridgehead atoms. The van der Waals surface area contributed by atoms with Gasteiger partial charge in [0.15, 0.2) is 9.34 Å². The topological polar surface area (TPSA) is 94.1 Å². The molecule has 5 rings (SSSR count). The number of nitrogens with zero attached hydrogens (tertiary/aromatic N) is 4. The SMILES string of the molecule is C[C@H](c1ccc(F)cc1)n1cncc1-c1ccc2c(c1)CN(S(=O)(=O)c1cnc(N)s1)CC2. The van der Waals surface area contributed by atoms with Crippen molar-refractivity contribution in [2.75, 3.05) is 12.3 Å². The summed E-state index contributed by atoms with van der Waals surface area (Å²) in [7, 11) is -3.65. The monoisotopic (exact) mass is 483 g/mol. The maximum absolute atomic E-state index is 13.3. The summed E-state index contributed by atoms with van der Waals surface area (Å²) < 4.78 is 43.1. The summed E-state index contributed by atoms with van der Waals surface area (Å²) in [4.78, 5) is 8.22. The second-order valence-electron chi connectivity index (χ2n) is 8.00. The van der Waals surface area contributed by atoms with Crippen LogP contribution in [0.4, 0.5) is 9.52 Å². The van der Waals surface area contributed by atoms with E-state index in [1.54, 1.807) is 24.7 Å². The van der Waals surface area contributed by atoms with Crippen LogP contribution < -0.4 is 5.73 Å². The molecule has 0 radical (unpaired) electrons. The summed E-state index contributed by atoms with van der Waals surface area (Å²) in [5, 5.41) is 0.233. The van der Waals surface area contributed by atoms with Gasteiger partial charge in [0.05, 0.1) is 30.5 Å². The molecular formula is C23H22FN5O2S2. The molecule has 4 aromatic rings. The number of aromatic nitrogens is 3. The van der Waals surface area contributed by atoms with Gasteiger partial charge in [-0.1, -0.05) is 35.6 Å². The first-order valence-corrected chi connectivity index (χ1v) is 12.7. The van der Waals surface area contributed by atoms with E-state index in [4.69, 9.17) is 5.73 Å². The first kappa shape index (κ1) is 21.7. The van der Waals surface area contributed by atoms with Gasteiger partial charge in [0.2, 0.25) is 0 Å². The molecule has 0 fully saturated rings. The zero-order valence-corrected chi connectivity index (χ0v) is 19.5. The number of imidazole rings is 1. The second-order valence-corrected chi connectivity index (χ2v) is 11.2. The third kappa shape index (κ3) is 4.05. The standard InChI is InChI=1S/C23H22FN5O2S2/c1-15(16-4-6-20(24)7-5-16)29-14-26-11-21(29)18-3-2-17-8-9-28(13-19(17)10-18)33(30,31)22-12-27-23(25)32-22/h2-7,10-12,14-15H,8-9,13H2,1H3,(H2,25,27)/t15-/m1/s1. The van der Waals surface area contributed by atoms with Crippen molar-refractivity contribution in [1.29, 1.82) is 0 Å². The Morgan fingerprint density at radius 2 is 1.91 bits per heavy atom. The van der Waals surface area contributed by atoms with Crippen LogP contribution in [-0.2, 0) is 23.0 Å². The number of hydrogen-bond donors (Lipinski definition) is 1. The zero-order valence-electron chi connectivity index (χ0n) is 17.8. The number of fused-ring (bicyclic) bond motifs is 1. The highest BCUT2D eigenvalue weighted by atomic mass is 32.2. The molecule has 2 aromatic carbocycles. The highest BCUT2D eigenvalue weighted by molar-refractivity contribution is 7.91. The Kier molecular flexibility index (Phi) is 5.51. The quantitative estimate of drug-likeness (QED) is 0.462. The van der Waals surface area contributed by atoms with Crippen LogP contribution in [0.15, 0.2) is 65.4 Å². The van der Waals surface area contributed by atoms with Gasteiger partial charge in [0.1, 0.15) is 5.82 Å². The highest BCUT2D eigenvalue weighted by Gasteiger charge is 2.30. The predicted molar refractivity (Wildman–Crippen MR) is 126 cm³/mol. The van der Waals surface area contributed by atoms with E-state index in [1.807, 2.05) is 23.6 Å². The lowest BCUT2D eigenvalue weighted by molar-refractivity contribution is 0.392. The van der Waals surface area contributed by atoms with Gasteiger partial charge in [-0.2, -0.15) is 4.31 Å². The number of rotatable bonds is 5. The van der Waals surface area contributed by atoms with Crippen LogP contribution in [0.2, 0.25) is 0 Å². The number of nitrogens with two attached hydrogens (primary N) is 1. The zero-order chi connectivity index (χ0) is 23.2. The number of benzene rings is 2. The molecule has 0 spiro atoms. The average Bonchev–Trinajstić information content (AvgIpc) is 3.48. The van der Waals surface area contributed by atoms with Crippen molar-refractivity contribution < 1.29 is 12.8 Å². The maximum Gasteiger partial charge on any atom is 0.254 e. The van der Waals surface area contributed by atoms with E-state index < -0.39 is 10.0 Å². The lowest BCUT2D eigenvalue weighted by atomic mass is 9.97. The van der Waals surface area contributed by atoms with Crippen LogP contribution in [0, 0.1) is 5.82 Å². The lowest BCUT2D eigenvalue weighted by Gasteiger charge is -2.28. The Morgan fingerprint density at radius 1 is 1.12 bits per heavy atom. The smallest absolute Gasteiger partial charge is 0.254 e. The molecule has 0 aliphatic carbocycles. The Labute approximate surface area is 195 Å². The van der Waals surface area contributed by atoms with E-state index in [0.29, 0.717) is 13.0 Å². The third-order valence-corrected chi connectivity index (χ3v) is 9.12. The van der Waals surface area contributed by atoms with E-state index in [-0.39, 0.29) is 27.7 Å². The fourth-order valence-corrected chi connectivity index (χ4v) is 6.64. The minimum atomic E-state index is -3.65. The first-order chi connectivity index (χ1) is 15.8. The van der Waals surface area contributed by atoms with Gasteiger partial charge in [-0.15, -0.1) is 0 Å². The van der Waals surface area contributed by atoms with Crippen LogP contribution in [0.3, 0.4) is 0 Å². The Bertz CT molecular complexity index is 1410. The number of thiazole rings is 1. The molecule has 170 valence electrons. The van der Waals surface area contributed by atoms with Gasteiger partial charge < -0.3 is 10.3 Å². The molecule has 1 aliphatic rings. The van der Waals surface area contributed by atoms with Gasteiger partial charge >= 0.3 is 0 Å². The third-order valence-electron chi connectivity index (χ3n) is 6.01. The average molecular weight is 484 g/mol. The molecule has 1 aliphatic heterocycles. The molecule has 1 atom stereocenters. The molecule has 2 aromatic heterocycles. The van der Waals surface area contributed by atoms with Gasteiger partial charge in [-0.25, -0.2) is 22.8 Å². The van der Waals surface area contributed by atoms with E-state index >= 15 is 0 Å². The van der Waals surface area contributed by atoms with Gasteiger partial charge in [0.25, 0.3) is 10.0 Å². The Balaban J connectivity index is 1.45. The molecule has 0 saturated carbocycles. The Hall–Kier alpha value is -3.08. The summed E-state index contributed by atoms with van der Waals surface area (Å²) in [5.41, 5.74) is 10.6. The first-order valence-electron chi connectivity index (χ1n) is 10.4. The van der Waals surface area contributed by atoms with Gasteiger partial charge in [-0.3, -0.25) is 0 Å². The second kappa shape index (κ2) is 8.36. The van der Waals surface area contributed by atoms with Gasteiger partial charge in [-0.05, 0) is 48.2 Å². The van der Waals surface area contributed by atoms with Crippen molar-refractivity contribution in [2.24, 2.45) is 0 Å². The molecule has 3 heterocycles. The van der Waals surface area contributed by atoms with Crippen LogP contribution >= 0.6 is 11.3 Å². The number of sulfonamides is 1. The molecule has 2 N–H and O–H groups in total. The van der Waals surface area contributed by atoms with Crippen molar-refractivity contribution in [3.8, 4) is 11.3 Å². The lowest BCUT2D eigenvalue weighted by Crippen LogP contribution is -2.35. The van der Waals surface area contributed by atoms with Crippen LogP contribution in [0.25, 0.3) is 11.3 Å². The molecule has 0 unspecified atom stereocenters. The summed E-state index contributed by atoms with van der Waals surface area (Å²) in [6.45, 7) is 2.73. The van der Waals surface area contributed by atoms with Gasteiger partial charge in [0, 0.05) is 18.7 Å². The van der Waals surface area contributed by atoms with Crippen LogP contribution in [0.1, 0.15) is 29.7 Å². The molecule has 10 heteroatoms. The summed E-state index contributed by atoms with van der Waals surface area (Å²) in [6.07, 6.45) is 5.50. The van der Waals surface area contributed by atoms with Crippen LogP contribution in [0.5, 0.6) is 0 Å². The fourth-order valence-electron chi connectivity index (χ4n) is 4.15. The fraction of sp³-hybridized carbons (Fsp3) is 0.217. The van der Waals surface area contributed by atoms with Crippen molar-refractivity contribution in [3.63, 3.8) is 0 Å². The van der Waals surface area contributed by atoms with Crippen molar-refractivity contribution in [2.45, 2.75) is 30.1 Å². The number of nitrogen functional groups attached to an aromatic ring is 1. The van der Waals surface area contributed by atoms with Crippen LogP contribution in [-0.4, -0.2) is 33.8 Å². The van der Waals surface area contributed by atoms with Crippen molar-refractivity contribution >= 4 is 26.5 Å². The molecule has 7 nitrogen and oxygen atoms in total. The molecule has 33 heavy (non-hydrogen) atoms. The Morgan fingerprint density at radius 3 is 2.64 bits per heavy atom. The largest absolute Gasteiger partial charge is 0.375 e. The number of hydrogen-bond acceptors (Lipinski definition) is 6. The summed E-state index contributed by atoms with van der Waals surface area (Å²) >= 11 is 0.977. The minimum Gasteiger partial charge on any atom is -0.375 e. The van der Waals surface area contributed by atoms with Crippen molar-refractivity contribution in [1.82, 2.24) is 18.8 Å². The summed E-state index contributed by atoms with van der Waals surface area (Å²) in [6, 6.07) is 12.5. The molecular weight excluding hydrogens is 461 g/mol. The predicted octanol–water partition coefficient (Wildman–Crippen LogP) is 4.08. The van der Waals surface area contributed by atoms with Crippen molar-refractivity contribution in [3.05, 3.63) is 83.7 Å². The maximum atomic E-state index is 13.3. The molecule has 0 amide bonds. The minimum absolute atomic E-state index is 0.0483. The van der Waals surface area contributed by atoms with E-state index in [2.05, 4.69) is 16.0 Å². The highest BCUT2D eigenvalue weighted by Crippen LogP contribution is 2.32. The normalized spacial score (nSPS) is 15.3. The molecule has 0 saturated heterocycles. The van der Waals surface area contributed by atoms with E-state index in [1.165, 1.54) is 22.6 Å². The van der Waals surface area contributed by atoms with E-state index in [9.17, 15) is 12.8 Å². The number of halogens is 1. The number of anilines is 1. The van der Waals surface area contributed by atoms with E-state index in [0.717, 1.165) is 39.3 Å².